The first kappa shape index (κ1) is 12.9. The SMILES string of the molecule is C/C=C(/Cl)O[C@@H]1C[C@H](C)CC[C@H]1C(C)C. The van der Waals surface area contributed by atoms with Gasteiger partial charge in [-0.1, -0.05) is 27.2 Å². The molecular weight excluding hydrogens is 208 g/mol. The second kappa shape index (κ2) is 5.79. The average molecular weight is 231 g/mol. The Balaban J connectivity index is 2.62. The second-order valence-corrected chi connectivity index (χ2v) is 5.45. The van der Waals surface area contributed by atoms with Crippen LogP contribution in [0.2, 0.25) is 0 Å². The molecule has 1 rings (SSSR count). The van der Waals surface area contributed by atoms with Crippen molar-refractivity contribution in [3.05, 3.63) is 11.3 Å². The van der Waals surface area contributed by atoms with E-state index in [0.717, 1.165) is 12.3 Å². The van der Waals surface area contributed by atoms with Gasteiger partial charge in [-0.05, 0) is 55.2 Å². The first-order valence-corrected chi connectivity index (χ1v) is 6.40. The van der Waals surface area contributed by atoms with Gasteiger partial charge in [0.15, 0.2) is 5.22 Å². The summed E-state index contributed by atoms with van der Waals surface area (Å²) in [5, 5.41) is 0.555. The summed E-state index contributed by atoms with van der Waals surface area (Å²) in [7, 11) is 0. The van der Waals surface area contributed by atoms with Crippen molar-refractivity contribution in [2.45, 2.75) is 53.1 Å². The van der Waals surface area contributed by atoms with Crippen LogP contribution in [0.25, 0.3) is 0 Å². The number of halogens is 1. The lowest BCUT2D eigenvalue weighted by Gasteiger charge is -2.37. The molecule has 0 radical (unpaired) electrons. The number of allylic oxidation sites excluding steroid dienone is 1. The van der Waals surface area contributed by atoms with Gasteiger partial charge in [0.05, 0.1) is 0 Å². The van der Waals surface area contributed by atoms with Crippen LogP contribution >= 0.6 is 11.6 Å². The van der Waals surface area contributed by atoms with E-state index in [-0.39, 0.29) is 0 Å². The molecule has 0 spiro atoms. The van der Waals surface area contributed by atoms with Gasteiger partial charge in [-0.25, -0.2) is 0 Å². The van der Waals surface area contributed by atoms with Crippen molar-refractivity contribution in [2.24, 2.45) is 17.8 Å². The maximum Gasteiger partial charge on any atom is 0.182 e. The van der Waals surface area contributed by atoms with Gasteiger partial charge in [0.25, 0.3) is 0 Å². The molecule has 0 bridgehead atoms. The summed E-state index contributed by atoms with van der Waals surface area (Å²) in [6.45, 7) is 8.77. The van der Waals surface area contributed by atoms with Gasteiger partial charge in [0.1, 0.15) is 6.10 Å². The van der Waals surface area contributed by atoms with E-state index in [9.17, 15) is 0 Å². The highest BCUT2D eigenvalue weighted by Gasteiger charge is 2.32. The third-order valence-corrected chi connectivity index (χ3v) is 3.76. The Morgan fingerprint density at radius 2 is 2.07 bits per heavy atom. The van der Waals surface area contributed by atoms with E-state index >= 15 is 0 Å². The lowest BCUT2D eigenvalue weighted by molar-refractivity contribution is 0.00792. The molecular formula is C13H23ClO. The van der Waals surface area contributed by atoms with Crippen LogP contribution in [-0.4, -0.2) is 6.10 Å². The Morgan fingerprint density at radius 1 is 1.40 bits per heavy atom. The van der Waals surface area contributed by atoms with Gasteiger partial charge in [-0.2, -0.15) is 0 Å². The fraction of sp³-hybridized carbons (Fsp3) is 0.846. The Kier molecular flexibility index (Phi) is 4.98. The summed E-state index contributed by atoms with van der Waals surface area (Å²) in [6, 6.07) is 0. The summed E-state index contributed by atoms with van der Waals surface area (Å²) in [5.74, 6) is 2.12. The van der Waals surface area contributed by atoms with E-state index in [1.165, 1.54) is 12.8 Å². The van der Waals surface area contributed by atoms with Crippen LogP contribution in [0, 0.1) is 17.8 Å². The summed E-state index contributed by atoms with van der Waals surface area (Å²) in [4.78, 5) is 0. The standard InChI is InChI=1S/C13H23ClO/c1-5-13(14)15-12-8-10(4)6-7-11(12)9(2)3/h5,9-12H,6-8H2,1-4H3/b13-5-/t10-,11+,12-/m1/s1. The predicted molar refractivity (Wildman–Crippen MR) is 65.8 cm³/mol. The lowest BCUT2D eigenvalue weighted by Crippen LogP contribution is -2.33. The molecule has 15 heavy (non-hydrogen) atoms. The molecule has 0 aromatic carbocycles. The zero-order valence-electron chi connectivity index (χ0n) is 10.3. The zero-order chi connectivity index (χ0) is 11.4. The average Bonchev–Trinajstić information content (AvgIpc) is 2.17. The minimum atomic E-state index is 0.317. The number of hydrogen-bond donors (Lipinski definition) is 0. The highest BCUT2D eigenvalue weighted by Crippen LogP contribution is 2.36. The Bertz CT molecular complexity index is 223. The van der Waals surface area contributed by atoms with Crippen molar-refractivity contribution in [3.63, 3.8) is 0 Å². The van der Waals surface area contributed by atoms with E-state index in [0.29, 0.717) is 23.2 Å². The molecule has 0 heterocycles. The van der Waals surface area contributed by atoms with Gasteiger partial charge in [0.2, 0.25) is 0 Å². The highest BCUT2D eigenvalue weighted by molar-refractivity contribution is 6.28. The van der Waals surface area contributed by atoms with Gasteiger partial charge < -0.3 is 4.74 Å². The third-order valence-electron chi connectivity index (χ3n) is 3.45. The van der Waals surface area contributed by atoms with E-state index < -0.39 is 0 Å². The van der Waals surface area contributed by atoms with Crippen LogP contribution in [0.15, 0.2) is 11.3 Å². The minimum Gasteiger partial charge on any atom is -0.480 e. The smallest absolute Gasteiger partial charge is 0.182 e. The van der Waals surface area contributed by atoms with Gasteiger partial charge in [0, 0.05) is 0 Å². The molecule has 1 nitrogen and oxygen atoms in total. The molecule has 0 saturated heterocycles. The van der Waals surface area contributed by atoms with Crippen molar-refractivity contribution >= 4 is 11.6 Å². The van der Waals surface area contributed by atoms with Crippen molar-refractivity contribution < 1.29 is 4.74 Å². The van der Waals surface area contributed by atoms with Crippen LogP contribution in [-0.2, 0) is 4.74 Å². The molecule has 1 aliphatic rings. The number of ether oxygens (including phenoxy) is 1. The molecule has 1 fully saturated rings. The molecule has 0 amide bonds. The molecule has 0 aromatic heterocycles. The maximum absolute atomic E-state index is 5.96. The number of rotatable bonds is 3. The van der Waals surface area contributed by atoms with Crippen molar-refractivity contribution in [1.82, 2.24) is 0 Å². The fourth-order valence-corrected chi connectivity index (χ4v) is 2.58. The molecule has 1 aliphatic carbocycles. The van der Waals surface area contributed by atoms with Crippen LogP contribution < -0.4 is 0 Å². The molecule has 0 N–H and O–H groups in total. The van der Waals surface area contributed by atoms with Crippen LogP contribution in [0.3, 0.4) is 0 Å². The molecule has 88 valence electrons. The normalized spacial score (nSPS) is 33.2. The quantitative estimate of drug-likeness (QED) is 0.646. The Morgan fingerprint density at radius 3 is 2.60 bits per heavy atom. The van der Waals surface area contributed by atoms with Crippen molar-refractivity contribution in [3.8, 4) is 0 Å². The van der Waals surface area contributed by atoms with E-state index in [2.05, 4.69) is 20.8 Å². The van der Waals surface area contributed by atoms with E-state index in [1.54, 1.807) is 0 Å². The summed E-state index contributed by atoms with van der Waals surface area (Å²) >= 11 is 5.96. The summed E-state index contributed by atoms with van der Waals surface area (Å²) < 4.78 is 5.81. The largest absolute Gasteiger partial charge is 0.480 e. The molecule has 1 saturated carbocycles. The second-order valence-electron chi connectivity index (χ2n) is 5.08. The highest BCUT2D eigenvalue weighted by atomic mass is 35.5. The van der Waals surface area contributed by atoms with Crippen LogP contribution in [0.5, 0.6) is 0 Å². The van der Waals surface area contributed by atoms with Crippen molar-refractivity contribution in [1.29, 1.82) is 0 Å². The van der Waals surface area contributed by atoms with Gasteiger partial charge in [-0.15, -0.1) is 0 Å². The fourth-order valence-electron chi connectivity index (χ4n) is 2.46. The van der Waals surface area contributed by atoms with Crippen LogP contribution in [0.4, 0.5) is 0 Å². The number of hydrogen-bond acceptors (Lipinski definition) is 1. The summed E-state index contributed by atoms with van der Waals surface area (Å²) in [6.07, 6.45) is 5.90. The topological polar surface area (TPSA) is 9.23 Å². The first-order chi connectivity index (χ1) is 7.04. The lowest BCUT2D eigenvalue weighted by atomic mass is 9.75. The zero-order valence-corrected chi connectivity index (χ0v) is 11.1. The monoisotopic (exact) mass is 230 g/mol. The van der Waals surface area contributed by atoms with E-state index in [4.69, 9.17) is 16.3 Å². The van der Waals surface area contributed by atoms with Gasteiger partial charge in [-0.3, -0.25) is 0 Å². The Labute approximate surface area is 98.8 Å². The molecule has 3 atom stereocenters. The van der Waals surface area contributed by atoms with Crippen molar-refractivity contribution in [2.75, 3.05) is 0 Å². The molecule has 0 aliphatic heterocycles. The third kappa shape index (κ3) is 3.71. The van der Waals surface area contributed by atoms with Crippen LogP contribution in [0.1, 0.15) is 47.0 Å². The predicted octanol–water partition coefficient (Wildman–Crippen LogP) is 4.56. The maximum atomic E-state index is 5.96. The van der Waals surface area contributed by atoms with Gasteiger partial charge >= 0.3 is 0 Å². The minimum absolute atomic E-state index is 0.317. The Hall–Kier alpha value is -0.170. The molecule has 0 aromatic rings. The molecule has 0 unspecified atom stereocenters. The first-order valence-electron chi connectivity index (χ1n) is 6.03. The van der Waals surface area contributed by atoms with E-state index in [1.807, 2.05) is 13.0 Å². The summed E-state index contributed by atoms with van der Waals surface area (Å²) in [5.41, 5.74) is 0. The molecule has 2 heteroatoms.